The molecule has 6 nitrogen and oxygen atoms in total. The molecule has 32 heavy (non-hydrogen) atoms. The van der Waals surface area contributed by atoms with Gasteiger partial charge in [-0.2, -0.15) is 0 Å². The third-order valence-electron chi connectivity index (χ3n) is 4.85. The molecule has 0 aliphatic carbocycles. The number of aliphatic hydroxyl groups excluding tert-OH is 1. The van der Waals surface area contributed by atoms with Crippen molar-refractivity contribution >= 4 is 51.3 Å². The lowest BCUT2D eigenvalue weighted by molar-refractivity contribution is 0.0938. The zero-order valence-corrected chi connectivity index (χ0v) is 20.0. The standard InChI is InChI=1S/C24H25BrClN3O3/c1-15(30)8-20(27)14-32-23-7-3-16(2-4-18-5-6-19(26)10-22(18)25)9-21(23)24(31)29-13-17-11-28-12-17/h2-10,17,27-28,30H,11-14H2,1H3,(H,29,31)/b4-2+,15-8-,27-20?. The Morgan fingerprint density at radius 3 is 2.75 bits per heavy atom. The first-order valence-corrected chi connectivity index (χ1v) is 11.3. The highest BCUT2D eigenvalue weighted by Gasteiger charge is 2.19. The second-order valence-corrected chi connectivity index (χ2v) is 8.88. The van der Waals surface area contributed by atoms with Gasteiger partial charge >= 0.3 is 0 Å². The fraction of sp³-hybridized carbons (Fsp3) is 0.250. The maximum atomic E-state index is 12.9. The van der Waals surface area contributed by atoms with Gasteiger partial charge in [0.05, 0.1) is 17.0 Å². The predicted molar refractivity (Wildman–Crippen MR) is 133 cm³/mol. The molecule has 168 valence electrons. The van der Waals surface area contributed by atoms with Crippen LogP contribution in [0.15, 0.2) is 52.7 Å². The van der Waals surface area contributed by atoms with Gasteiger partial charge in [-0.15, -0.1) is 0 Å². The molecule has 2 aromatic carbocycles. The average Bonchev–Trinajstić information content (AvgIpc) is 2.70. The summed E-state index contributed by atoms with van der Waals surface area (Å²) in [6, 6.07) is 10.9. The molecule has 4 N–H and O–H groups in total. The molecule has 0 aromatic heterocycles. The van der Waals surface area contributed by atoms with Crippen LogP contribution in [0.25, 0.3) is 12.2 Å². The van der Waals surface area contributed by atoms with E-state index in [1.54, 1.807) is 12.1 Å². The van der Waals surface area contributed by atoms with Crippen molar-refractivity contribution in [1.29, 1.82) is 5.41 Å². The van der Waals surface area contributed by atoms with Crippen molar-refractivity contribution < 1.29 is 14.6 Å². The highest BCUT2D eigenvalue weighted by Crippen LogP contribution is 2.25. The molecular formula is C24H25BrClN3O3. The third-order valence-corrected chi connectivity index (χ3v) is 5.77. The van der Waals surface area contributed by atoms with Crippen LogP contribution in [0.1, 0.15) is 28.4 Å². The molecule has 1 aliphatic heterocycles. The molecule has 2 aromatic rings. The molecule has 0 bridgehead atoms. The number of amides is 1. The van der Waals surface area contributed by atoms with Crippen LogP contribution in [0, 0.1) is 11.3 Å². The van der Waals surface area contributed by atoms with Crippen molar-refractivity contribution in [1.82, 2.24) is 10.6 Å². The number of hydrogen-bond donors (Lipinski definition) is 4. The normalized spacial score (nSPS) is 14.3. The number of rotatable bonds is 9. The van der Waals surface area contributed by atoms with E-state index in [9.17, 15) is 9.90 Å². The van der Waals surface area contributed by atoms with Gasteiger partial charge in [0, 0.05) is 35.0 Å². The minimum atomic E-state index is -0.227. The van der Waals surface area contributed by atoms with Gasteiger partial charge in [0.25, 0.3) is 5.91 Å². The molecule has 0 spiro atoms. The summed E-state index contributed by atoms with van der Waals surface area (Å²) in [7, 11) is 0. The van der Waals surface area contributed by atoms with Crippen LogP contribution >= 0.6 is 27.5 Å². The first kappa shape index (κ1) is 24.0. The summed E-state index contributed by atoms with van der Waals surface area (Å²) in [4.78, 5) is 12.9. The van der Waals surface area contributed by atoms with Crippen molar-refractivity contribution in [2.24, 2.45) is 5.92 Å². The predicted octanol–water partition coefficient (Wildman–Crippen LogP) is 5.08. The highest BCUT2D eigenvalue weighted by atomic mass is 79.9. The Labute approximate surface area is 201 Å². The van der Waals surface area contributed by atoms with E-state index in [0.717, 1.165) is 28.7 Å². The molecule has 0 unspecified atom stereocenters. The van der Waals surface area contributed by atoms with Crippen LogP contribution in [0.5, 0.6) is 5.75 Å². The molecule has 3 rings (SSSR count). The Morgan fingerprint density at radius 1 is 1.31 bits per heavy atom. The molecule has 1 heterocycles. The van der Waals surface area contributed by atoms with Gasteiger partial charge < -0.3 is 25.9 Å². The fourth-order valence-corrected chi connectivity index (χ4v) is 3.87. The second-order valence-electron chi connectivity index (χ2n) is 7.59. The summed E-state index contributed by atoms with van der Waals surface area (Å²) in [6.45, 7) is 3.81. The Morgan fingerprint density at radius 2 is 2.09 bits per heavy atom. The van der Waals surface area contributed by atoms with Crippen molar-refractivity contribution in [3.8, 4) is 5.75 Å². The summed E-state index contributed by atoms with van der Waals surface area (Å²) >= 11 is 9.50. The molecule has 8 heteroatoms. The molecular weight excluding hydrogens is 494 g/mol. The molecule has 0 atom stereocenters. The van der Waals surface area contributed by atoms with Crippen LogP contribution in [-0.4, -0.2) is 43.0 Å². The molecule has 0 radical (unpaired) electrons. The summed E-state index contributed by atoms with van der Waals surface area (Å²) in [5.74, 6) is 0.613. The smallest absolute Gasteiger partial charge is 0.255 e. The Kier molecular flexibility index (Phi) is 8.50. The van der Waals surface area contributed by atoms with Crippen molar-refractivity contribution in [2.45, 2.75) is 6.92 Å². The van der Waals surface area contributed by atoms with Gasteiger partial charge in [-0.05, 0) is 48.4 Å². The van der Waals surface area contributed by atoms with E-state index in [2.05, 4.69) is 26.6 Å². The molecule has 1 saturated heterocycles. The summed E-state index contributed by atoms with van der Waals surface area (Å²) in [5, 5.41) is 24.0. The van der Waals surface area contributed by atoms with E-state index in [1.807, 2.05) is 36.4 Å². The van der Waals surface area contributed by atoms with Crippen LogP contribution < -0.4 is 15.4 Å². The summed E-state index contributed by atoms with van der Waals surface area (Å²) < 4.78 is 6.59. The van der Waals surface area contributed by atoms with Gasteiger partial charge in [-0.3, -0.25) is 4.79 Å². The van der Waals surface area contributed by atoms with Crippen LogP contribution in [0.3, 0.4) is 0 Å². The van der Waals surface area contributed by atoms with Crippen LogP contribution in [0.4, 0.5) is 0 Å². The van der Waals surface area contributed by atoms with Gasteiger partial charge in [-0.25, -0.2) is 0 Å². The third kappa shape index (κ3) is 6.95. The van der Waals surface area contributed by atoms with Gasteiger partial charge in [0.2, 0.25) is 0 Å². The van der Waals surface area contributed by atoms with Crippen LogP contribution in [-0.2, 0) is 0 Å². The zero-order chi connectivity index (χ0) is 23.1. The lowest BCUT2D eigenvalue weighted by atomic mass is 10.0. The Hall–Kier alpha value is -2.61. The quantitative estimate of drug-likeness (QED) is 0.211. The van der Waals surface area contributed by atoms with Gasteiger partial charge in [0.15, 0.2) is 0 Å². The van der Waals surface area contributed by atoms with Gasteiger partial charge in [0.1, 0.15) is 12.4 Å². The zero-order valence-electron chi connectivity index (χ0n) is 17.6. The number of ether oxygens (including phenoxy) is 1. The van der Waals surface area contributed by atoms with Crippen LogP contribution in [0.2, 0.25) is 5.02 Å². The number of allylic oxidation sites excluding steroid dienone is 1. The van der Waals surface area contributed by atoms with E-state index in [0.29, 0.717) is 28.8 Å². The molecule has 1 aliphatic rings. The van der Waals surface area contributed by atoms with E-state index in [1.165, 1.54) is 13.0 Å². The van der Waals surface area contributed by atoms with E-state index in [4.69, 9.17) is 21.7 Å². The SMILES string of the molecule is C/C(O)=C/C(=N)COc1ccc(/C=C/c2ccc(Cl)cc2Br)cc1C(=O)NCC1CNC1. The number of halogens is 2. The van der Waals surface area contributed by atoms with Crippen molar-refractivity contribution in [3.05, 3.63) is 74.4 Å². The largest absolute Gasteiger partial charge is 0.513 e. The first-order valence-electron chi connectivity index (χ1n) is 10.2. The minimum absolute atomic E-state index is 0.0273. The second kappa shape index (κ2) is 11.3. The molecule has 1 amide bonds. The number of hydrogen-bond acceptors (Lipinski definition) is 5. The lowest BCUT2D eigenvalue weighted by Crippen LogP contribution is -2.48. The summed E-state index contributed by atoms with van der Waals surface area (Å²) in [5.41, 5.74) is 2.29. The monoisotopic (exact) mass is 517 g/mol. The Bertz CT molecular complexity index is 1060. The van der Waals surface area contributed by atoms with E-state index >= 15 is 0 Å². The maximum absolute atomic E-state index is 12.9. The summed E-state index contributed by atoms with van der Waals surface area (Å²) in [6.07, 6.45) is 5.15. The lowest BCUT2D eigenvalue weighted by Gasteiger charge is -2.27. The molecule has 1 fully saturated rings. The molecule has 0 saturated carbocycles. The van der Waals surface area contributed by atoms with E-state index in [-0.39, 0.29) is 24.0 Å². The van der Waals surface area contributed by atoms with Gasteiger partial charge in [-0.1, -0.05) is 51.8 Å². The number of aliphatic hydroxyl groups is 1. The maximum Gasteiger partial charge on any atom is 0.255 e. The minimum Gasteiger partial charge on any atom is -0.513 e. The van der Waals surface area contributed by atoms with Crippen molar-refractivity contribution in [3.63, 3.8) is 0 Å². The van der Waals surface area contributed by atoms with E-state index < -0.39 is 0 Å². The first-order chi connectivity index (χ1) is 15.3. The highest BCUT2D eigenvalue weighted by molar-refractivity contribution is 9.10. The topological polar surface area (TPSA) is 94.4 Å². The average molecular weight is 519 g/mol. The Balaban J connectivity index is 1.80. The number of carbonyl (C=O) groups excluding carboxylic acids is 1. The fourth-order valence-electron chi connectivity index (χ4n) is 3.05. The number of carbonyl (C=O) groups is 1. The van der Waals surface area contributed by atoms with Crippen molar-refractivity contribution in [2.75, 3.05) is 26.2 Å². The number of nitrogens with one attached hydrogen (secondary N) is 3. The number of benzene rings is 2.